The number of likely N-dealkylation sites (tertiary alicyclic amines) is 1. The molecule has 1 N–H and O–H groups in total. The van der Waals surface area contributed by atoms with E-state index in [1.165, 1.54) is 31.9 Å². The van der Waals surface area contributed by atoms with Crippen LogP contribution in [0.3, 0.4) is 0 Å². The van der Waals surface area contributed by atoms with Crippen molar-refractivity contribution in [2.24, 2.45) is 16.8 Å². The molecular weight excluding hydrogens is 401 g/mol. The summed E-state index contributed by atoms with van der Waals surface area (Å²) >= 11 is 0. The van der Waals surface area contributed by atoms with Crippen LogP contribution >= 0.6 is 24.0 Å². The SMILES string of the molecule is CN=C(NCCCS(C)(=O)=O)N1CC2CCCCC2C1.I. The van der Waals surface area contributed by atoms with Crippen LogP contribution < -0.4 is 5.32 Å². The van der Waals surface area contributed by atoms with E-state index in [-0.39, 0.29) is 29.7 Å². The van der Waals surface area contributed by atoms with E-state index in [0.717, 1.165) is 30.9 Å². The topological polar surface area (TPSA) is 61.8 Å². The molecule has 1 saturated heterocycles. The summed E-state index contributed by atoms with van der Waals surface area (Å²) in [5.74, 6) is 2.84. The van der Waals surface area contributed by atoms with E-state index in [1.807, 2.05) is 0 Å². The second-order valence-corrected chi connectivity index (χ2v) is 8.43. The van der Waals surface area contributed by atoms with Crippen LogP contribution in [0.1, 0.15) is 32.1 Å². The summed E-state index contributed by atoms with van der Waals surface area (Å²) in [6, 6.07) is 0. The molecule has 0 aromatic rings. The Morgan fingerprint density at radius 2 is 1.81 bits per heavy atom. The fraction of sp³-hybridized carbons (Fsp3) is 0.929. The normalized spacial score (nSPS) is 26.2. The van der Waals surface area contributed by atoms with Crippen molar-refractivity contribution < 1.29 is 8.42 Å². The first-order valence-electron chi connectivity index (χ1n) is 7.63. The first-order valence-corrected chi connectivity index (χ1v) is 9.69. The molecular formula is C14H28IN3O2S. The number of fused-ring (bicyclic) bond motifs is 1. The smallest absolute Gasteiger partial charge is 0.193 e. The Hall–Kier alpha value is -0.0500. The molecule has 5 nitrogen and oxygen atoms in total. The third-order valence-corrected chi connectivity index (χ3v) is 5.49. The van der Waals surface area contributed by atoms with E-state index in [4.69, 9.17) is 0 Å². The lowest BCUT2D eigenvalue weighted by Crippen LogP contribution is -2.41. The van der Waals surface area contributed by atoms with Gasteiger partial charge in [0.25, 0.3) is 0 Å². The summed E-state index contributed by atoms with van der Waals surface area (Å²) < 4.78 is 22.2. The average Bonchev–Trinajstić information content (AvgIpc) is 2.81. The lowest BCUT2D eigenvalue weighted by Gasteiger charge is -2.22. The summed E-state index contributed by atoms with van der Waals surface area (Å²) in [6.07, 6.45) is 7.37. The number of aliphatic imine (C=N–C) groups is 1. The van der Waals surface area contributed by atoms with Crippen LogP contribution in [0, 0.1) is 11.8 Å². The van der Waals surface area contributed by atoms with Gasteiger partial charge in [0, 0.05) is 32.9 Å². The summed E-state index contributed by atoms with van der Waals surface area (Å²) in [7, 11) is -1.05. The average molecular weight is 429 g/mol. The summed E-state index contributed by atoms with van der Waals surface area (Å²) in [5, 5.41) is 3.31. The zero-order valence-electron chi connectivity index (χ0n) is 13.0. The molecule has 1 aliphatic carbocycles. The highest BCUT2D eigenvalue weighted by molar-refractivity contribution is 14.0. The Balaban J connectivity index is 0.00000220. The predicted octanol–water partition coefficient (Wildman–Crippen LogP) is 1.74. The second kappa shape index (κ2) is 8.55. The van der Waals surface area contributed by atoms with Crippen molar-refractivity contribution in [2.75, 3.05) is 38.7 Å². The van der Waals surface area contributed by atoms with Crippen LogP contribution in [0.15, 0.2) is 4.99 Å². The second-order valence-electron chi connectivity index (χ2n) is 6.17. The molecule has 0 spiro atoms. The molecule has 1 heterocycles. The van der Waals surface area contributed by atoms with Gasteiger partial charge in [-0.1, -0.05) is 12.8 Å². The van der Waals surface area contributed by atoms with Crippen LogP contribution in [-0.2, 0) is 9.84 Å². The maximum absolute atomic E-state index is 11.1. The fourth-order valence-electron chi connectivity index (χ4n) is 3.45. The highest BCUT2D eigenvalue weighted by atomic mass is 127. The third-order valence-electron chi connectivity index (χ3n) is 4.46. The Morgan fingerprint density at radius 3 is 2.29 bits per heavy atom. The zero-order chi connectivity index (χ0) is 14.6. The number of halogens is 1. The Morgan fingerprint density at radius 1 is 1.24 bits per heavy atom. The van der Waals surface area contributed by atoms with E-state index in [2.05, 4.69) is 15.2 Å². The summed E-state index contributed by atoms with van der Waals surface area (Å²) in [5.41, 5.74) is 0. The minimum Gasteiger partial charge on any atom is -0.356 e. The number of rotatable bonds is 4. The molecule has 0 amide bonds. The number of sulfone groups is 1. The molecule has 2 aliphatic rings. The van der Waals surface area contributed by atoms with Crippen LogP contribution in [0.4, 0.5) is 0 Å². The van der Waals surface area contributed by atoms with Gasteiger partial charge < -0.3 is 10.2 Å². The lowest BCUT2D eigenvalue weighted by atomic mass is 9.82. The molecule has 2 fully saturated rings. The molecule has 124 valence electrons. The minimum atomic E-state index is -2.86. The first-order chi connectivity index (χ1) is 9.49. The summed E-state index contributed by atoms with van der Waals surface area (Å²) in [6.45, 7) is 2.89. The molecule has 0 radical (unpaired) electrons. The quantitative estimate of drug-likeness (QED) is 0.320. The van der Waals surface area contributed by atoms with Crippen LogP contribution in [0.25, 0.3) is 0 Å². The lowest BCUT2D eigenvalue weighted by molar-refractivity contribution is 0.299. The van der Waals surface area contributed by atoms with Gasteiger partial charge in [0.2, 0.25) is 0 Å². The predicted molar refractivity (Wildman–Crippen MR) is 98.1 cm³/mol. The van der Waals surface area contributed by atoms with Crippen molar-refractivity contribution in [3.8, 4) is 0 Å². The van der Waals surface area contributed by atoms with Gasteiger partial charge in [-0.2, -0.15) is 0 Å². The molecule has 0 aromatic heterocycles. The van der Waals surface area contributed by atoms with Crippen molar-refractivity contribution >= 4 is 39.8 Å². The van der Waals surface area contributed by atoms with Crippen molar-refractivity contribution in [1.29, 1.82) is 0 Å². The standard InChI is InChI=1S/C14H27N3O2S.HI/c1-15-14(16-8-5-9-20(2,18)19)17-10-12-6-3-4-7-13(12)11-17;/h12-13H,3-11H2,1-2H3,(H,15,16);1H. The van der Waals surface area contributed by atoms with E-state index < -0.39 is 9.84 Å². The minimum absolute atomic E-state index is 0. The number of nitrogens with one attached hydrogen (secondary N) is 1. The molecule has 1 aliphatic heterocycles. The number of nitrogens with zero attached hydrogens (tertiary/aromatic N) is 2. The third kappa shape index (κ3) is 5.92. The highest BCUT2D eigenvalue weighted by Crippen LogP contribution is 2.35. The highest BCUT2D eigenvalue weighted by Gasteiger charge is 2.35. The van der Waals surface area contributed by atoms with Gasteiger partial charge in [0.15, 0.2) is 5.96 Å². The van der Waals surface area contributed by atoms with Gasteiger partial charge in [-0.15, -0.1) is 24.0 Å². The Kier molecular flexibility index (Phi) is 7.73. The van der Waals surface area contributed by atoms with E-state index >= 15 is 0 Å². The molecule has 2 rings (SSSR count). The largest absolute Gasteiger partial charge is 0.356 e. The van der Waals surface area contributed by atoms with E-state index in [0.29, 0.717) is 13.0 Å². The van der Waals surface area contributed by atoms with Crippen molar-refractivity contribution in [3.05, 3.63) is 0 Å². The molecule has 2 atom stereocenters. The number of hydrogen-bond acceptors (Lipinski definition) is 3. The van der Waals surface area contributed by atoms with Crippen molar-refractivity contribution in [2.45, 2.75) is 32.1 Å². The molecule has 21 heavy (non-hydrogen) atoms. The van der Waals surface area contributed by atoms with Crippen molar-refractivity contribution in [3.63, 3.8) is 0 Å². The maximum Gasteiger partial charge on any atom is 0.193 e. The van der Waals surface area contributed by atoms with Gasteiger partial charge >= 0.3 is 0 Å². The maximum atomic E-state index is 11.1. The number of hydrogen-bond donors (Lipinski definition) is 1. The van der Waals surface area contributed by atoms with Crippen molar-refractivity contribution in [1.82, 2.24) is 10.2 Å². The van der Waals surface area contributed by atoms with Crippen LogP contribution in [-0.4, -0.2) is 58.0 Å². The van der Waals surface area contributed by atoms with E-state index in [9.17, 15) is 8.42 Å². The molecule has 2 unspecified atom stereocenters. The first kappa shape index (κ1) is 19.0. The van der Waals surface area contributed by atoms with Gasteiger partial charge in [-0.3, -0.25) is 4.99 Å². The van der Waals surface area contributed by atoms with E-state index in [1.54, 1.807) is 7.05 Å². The van der Waals surface area contributed by atoms with Gasteiger partial charge in [-0.05, 0) is 31.1 Å². The Bertz CT molecular complexity index is 439. The molecule has 0 bridgehead atoms. The Labute approximate surface area is 145 Å². The summed E-state index contributed by atoms with van der Waals surface area (Å²) in [4.78, 5) is 6.69. The molecule has 1 saturated carbocycles. The number of guanidine groups is 1. The van der Waals surface area contributed by atoms with Gasteiger partial charge in [0.1, 0.15) is 9.84 Å². The van der Waals surface area contributed by atoms with Crippen LogP contribution in [0.5, 0.6) is 0 Å². The molecule has 7 heteroatoms. The van der Waals surface area contributed by atoms with Crippen LogP contribution in [0.2, 0.25) is 0 Å². The zero-order valence-corrected chi connectivity index (χ0v) is 16.2. The fourth-order valence-corrected chi connectivity index (χ4v) is 4.11. The monoisotopic (exact) mass is 429 g/mol. The molecule has 0 aromatic carbocycles. The van der Waals surface area contributed by atoms with Gasteiger partial charge in [-0.25, -0.2) is 8.42 Å². The van der Waals surface area contributed by atoms with Gasteiger partial charge in [0.05, 0.1) is 5.75 Å².